The molecule has 0 radical (unpaired) electrons. The van der Waals surface area contributed by atoms with Gasteiger partial charge in [0.05, 0.1) is 5.41 Å². The highest BCUT2D eigenvalue weighted by molar-refractivity contribution is 7.83. The van der Waals surface area contributed by atoms with Gasteiger partial charge in [-0.3, -0.25) is 9.00 Å². The summed E-state index contributed by atoms with van der Waals surface area (Å²) in [6.07, 6.45) is 3.47. The molecule has 1 saturated carbocycles. The van der Waals surface area contributed by atoms with E-state index >= 15 is 0 Å². The Bertz CT molecular complexity index is 751. The second-order valence-electron chi connectivity index (χ2n) is 6.21. The minimum atomic E-state index is -0.895. The predicted molar refractivity (Wildman–Crippen MR) is 94.9 cm³/mol. The molecular weight excluding hydrogens is 306 g/mol. The van der Waals surface area contributed by atoms with Crippen molar-refractivity contribution in [3.63, 3.8) is 0 Å². The lowest BCUT2D eigenvalue weighted by Gasteiger charge is -2.18. The smallest absolute Gasteiger partial charge is 0.235 e. The molecule has 1 atom stereocenters. The van der Waals surface area contributed by atoms with Crippen LogP contribution in [0.2, 0.25) is 0 Å². The molecule has 1 aliphatic rings. The maximum Gasteiger partial charge on any atom is 0.235 e. The number of hydrogen-bond donors (Lipinski definition) is 1. The average molecular weight is 327 g/mol. The molecule has 0 spiro atoms. The molecule has 2 aromatic carbocycles. The predicted octanol–water partition coefficient (Wildman–Crippen LogP) is 3.54. The first-order chi connectivity index (χ1) is 11.0. The van der Waals surface area contributed by atoms with Gasteiger partial charge in [-0.2, -0.15) is 0 Å². The molecule has 3 rings (SSSR count). The number of nitrogens with one attached hydrogen (secondary N) is 1. The van der Waals surface area contributed by atoms with Crippen LogP contribution in [0.3, 0.4) is 0 Å². The van der Waals surface area contributed by atoms with E-state index in [0.717, 1.165) is 35.2 Å². The van der Waals surface area contributed by atoms with Crippen molar-refractivity contribution in [2.75, 3.05) is 11.6 Å². The first-order valence-electron chi connectivity index (χ1n) is 7.78. The summed E-state index contributed by atoms with van der Waals surface area (Å²) in [5.74, 6) is 0.570. The van der Waals surface area contributed by atoms with E-state index in [4.69, 9.17) is 0 Å². The summed E-state index contributed by atoms with van der Waals surface area (Å²) in [6.45, 7) is 1.97. The standard InChI is InChI=1S/C19H21NO2S/c1-14-15(13-23(2)22)7-6-10-17(14)20-18(21)19(11-12-19)16-8-4-3-5-9-16/h3-10H,11-13H2,1-2H3,(H,20,21). The van der Waals surface area contributed by atoms with Crippen molar-refractivity contribution in [3.8, 4) is 0 Å². The van der Waals surface area contributed by atoms with Crippen molar-refractivity contribution in [1.29, 1.82) is 0 Å². The minimum Gasteiger partial charge on any atom is -0.325 e. The van der Waals surface area contributed by atoms with Crippen LogP contribution in [0.15, 0.2) is 48.5 Å². The van der Waals surface area contributed by atoms with Gasteiger partial charge in [-0.25, -0.2) is 0 Å². The van der Waals surface area contributed by atoms with Gasteiger partial charge in [0.15, 0.2) is 0 Å². The molecule has 0 aliphatic heterocycles. The third kappa shape index (κ3) is 3.22. The quantitative estimate of drug-likeness (QED) is 0.913. The average Bonchev–Trinajstić information content (AvgIpc) is 3.33. The molecule has 0 aromatic heterocycles. The number of amides is 1. The summed E-state index contributed by atoms with van der Waals surface area (Å²) in [7, 11) is -0.895. The monoisotopic (exact) mass is 327 g/mol. The van der Waals surface area contributed by atoms with E-state index in [9.17, 15) is 9.00 Å². The molecular formula is C19H21NO2S. The Balaban J connectivity index is 1.83. The van der Waals surface area contributed by atoms with Gasteiger partial charge in [0.2, 0.25) is 5.91 Å². The molecule has 1 fully saturated rings. The van der Waals surface area contributed by atoms with Crippen LogP contribution in [0, 0.1) is 6.92 Å². The minimum absolute atomic E-state index is 0.0570. The number of rotatable bonds is 5. The van der Waals surface area contributed by atoms with Crippen molar-refractivity contribution in [2.24, 2.45) is 0 Å². The Morgan fingerprint density at radius 1 is 1.13 bits per heavy atom. The van der Waals surface area contributed by atoms with Gasteiger partial charge >= 0.3 is 0 Å². The van der Waals surface area contributed by atoms with Crippen molar-refractivity contribution < 1.29 is 9.00 Å². The molecule has 3 nitrogen and oxygen atoms in total. The Hall–Kier alpha value is -1.94. The van der Waals surface area contributed by atoms with Gasteiger partial charge in [0.25, 0.3) is 0 Å². The van der Waals surface area contributed by atoms with E-state index in [2.05, 4.69) is 5.32 Å². The van der Waals surface area contributed by atoms with Crippen molar-refractivity contribution in [2.45, 2.75) is 30.9 Å². The fraction of sp³-hybridized carbons (Fsp3) is 0.316. The van der Waals surface area contributed by atoms with Crippen LogP contribution in [0.4, 0.5) is 5.69 Å². The zero-order valence-corrected chi connectivity index (χ0v) is 14.3. The summed E-state index contributed by atoms with van der Waals surface area (Å²) in [4.78, 5) is 12.8. The number of benzene rings is 2. The highest BCUT2D eigenvalue weighted by Gasteiger charge is 2.51. The van der Waals surface area contributed by atoms with E-state index in [1.54, 1.807) is 6.26 Å². The summed E-state index contributed by atoms with van der Waals surface area (Å²) in [5.41, 5.74) is 3.55. The topological polar surface area (TPSA) is 46.2 Å². The molecule has 120 valence electrons. The normalized spacial score (nSPS) is 16.6. The van der Waals surface area contributed by atoms with Crippen LogP contribution in [-0.2, 0) is 26.8 Å². The second-order valence-corrected chi connectivity index (χ2v) is 7.64. The fourth-order valence-electron chi connectivity index (χ4n) is 2.97. The van der Waals surface area contributed by atoms with Crippen molar-refractivity contribution in [3.05, 3.63) is 65.2 Å². The molecule has 4 heteroatoms. The zero-order valence-electron chi connectivity index (χ0n) is 13.5. The molecule has 2 aromatic rings. The fourth-order valence-corrected chi connectivity index (χ4v) is 3.72. The number of hydrogen-bond acceptors (Lipinski definition) is 2. The third-order valence-corrected chi connectivity index (χ3v) is 5.28. The van der Waals surface area contributed by atoms with Gasteiger partial charge < -0.3 is 5.32 Å². The Labute approximate surface area is 139 Å². The molecule has 1 amide bonds. The third-order valence-electron chi connectivity index (χ3n) is 4.56. The lowest BCUT2D eigenvalue weighted by molar-refractivity contribution is -0.118. The van der Waals surface area contributed by atoms with Gasteiger partial charge in [-0.15, -0.1) is 0 Å². The van der Waals surface area contributed by atoms with E-state index in [0.29, 0.717) is 5.75 Å². The first kappa shape index (κ1) is 15.9. The van der Waals surface area contributed by atoms with E-state index < -0.39 is 10.8 Å². The highest BCUT2D eigenvalue weighted by atomic mass is 32.2. The second kappa shape index (κ2) is 6.28. The van der Waals surface area contributed by atoms with Gasteiger partial charge in [0, 0.05) is 28.5 Å². The number of carbonyl (C=O) groups excluding carboxylic acids is 1. The largest absolute Gasteiger partial charge is 0.325 e. The Morgan fingerprint density at radius 3 is 2.43 bits per heavy atom. The van der Waals surface area contributed by atoms with Gasteiger partial charge in [0.1, 0.15) is 0 Å². The SMILES string of the molecule is Cc1c(CS(C)=O)cccc1NC(=O)C1(c2ccccc2)CC1. The zero-order chi connectivity index (χ0) is 16.4. The van der Waals surface area contributed by atoms with Crippen LogP contribution in [0.1, 0.15) is 29.5 Å². The van der Waals surface area contributed by atoms with E-state index in [1.165, 1.54) is 0 Å². The summed E-state index contributed by atoms with van der Waals surface area (Å²) >= 11 is 0. The molecule has 0 saturated heterocycles. The van der Waals surface area contributed by atoms with Crippen LogP contribution in [0.5, 0.6) is 0 Å². The van der Waals surface area contributed by atoms with Crippen molar-refractivity contribution in [1.82, 2.24) is 0 Å². The van der Waals surface area contributed by atoms with E-state index in [1.807, 2.05) is 55.5 Å². The molecule has 1 unspecified atom stereocenters. The Morgan fingerprint density at radius 2 is 1.83 bits per heavy atom. The lowest BCUT2D eigenvalue weighted by Crippen LogP contribution is -2.28. The van der Waals surface area contributed by atoms with Gasteiger partial charge in [-0.1, -0.05) is 42.5 Å². The molecule has 0 bridgehead atoms. The maximum absolute atomic E-state index is 12.8. The molecule has 23 heavy (non-hydrogen) atoms. The first-order valence-corrected chi connectivity index (χ1v) is 9.51. The molecule has 1 aliphatic carbocycles. The summed E-state index contributed by atoms with van der Waals surface area (Å²) < 4.78 is 11.5. The van der Waals surface area contributed by atoms with Crippen LogP contribution in [0.25, 0.3) is 0 Å². The van der Waals surface area contributed by atoms with Crippen LogP contribution in [-0.4, -0.2) is 16.4 Å². The van der Waals surface area contributed by atoms with Crippen LogP contribution < -0.4 is 5.32 Å². The lowest BCUT2D eigenvalue weighted by atomic mass is 9.94. The molecule has 0 heterocycles. The number of carbonyl (C=O) groups is 1. The molecule has 1 N–H and O–H groups in total. The summed E-state index contributed by atoms with van der Waals surface area (Å²) in [6, 6.07) is 15.8. The summed E-state index contributed by atoms with van der Waals surface area (Å²) in [5, 5.41) is 3.09. The maximum atomic E-state index is 12.8. The van der Waals surface area contributed by atoms with Crippen molar-refractivity contribution >= 4 is 22.4 Å². The van der Waals surface area contributed by atoms with E-state index in [-0.39, 0.29) is 11.3 Å². The van der Waals surface area contributed by atoms with Crippen LogP contribution >= 0.6 is 0 Å². The van der Waals surface area contributed by atoms with Gasteiger partial charge in [-0.05, 0) is 42.5 Å². The Kier molecular flexibility index (Phi) is 4.35. The highest BCUT2D eigenvalue weighted by Crippen LogP contribution is 2.49. The number of anilines is 1.